The monoisotopic (exact) mass is 269 g/mol. The Morgan fingerprint density at radius 1 is 1.21 bits per heavy atom. The van der Waals surface area contributed by atoms with Crippen LogP contribution in [0.15, 0.2) is 4.99 Å². The molecule has 1 aliphatic heterocycles. The molecule has 4 nitrogen and oxygen atoms in total. The minimum atomic E-state index is 0.192. The van der Waals surface area contributed by atoms with Gasteiger partial charge in [0.2, 0.25) is 0 Å². The number of hydrogen-bond donors (Lipinski definition) is 2. The summed E-state index contributed by atoms with van der Waals surface area (Å²) in [4.78, 5) is 4.71. The fraction of sp³-hybridized carbons (Fsp3) is 0.933. The number of aliphatic imine (C=N–C) groups is 1. The molecule has 0 aliphatic carbocycles. The molecule has 4 heteroatoms. The number of rotatable bonds is 4. The molecule has 0 saturated carbocycles. The normalized spacial score (nSPS) is 23.8. The van der Waals surface area contributed by atoms with Crippen LogP contribution in [0.5, 0.6) is 0 Å². The zero-order chi connectivity index (χ0) is 14.3. The van der Waals surface area contributed by atoms with Crippen LogP contribution in [0, 0.1) is 11.3 Å². The van der Waals surface area contributed by atoms with E-state index in [4.69, 9.17) is 9.73 Å². The van der Waals surface area contributed by atoms with Crippen molar-refractivity contribution in [2.24, 2.45) is 16.3 Å². The van der Waals surface area contributed by atoms with Crippen molar-refractivity contribution in [2.75, 3.05) is 26.2 Å². The van der Waals surface area contributed by atoms with E-state index in [-0.39, 0.29) is 5.41 Å². The SMILES string of the molecule is CCNC(=NCC1CCCOC1C(C)(C)C)NCC. The molecule has 0 aromatic rings. The zero-order valence-electron chi connectivity index (χ0n) is 13.3. The number of nitrogens with one attached hydrogen (secondary N) is 2. The van der Waals surface area contributed by atoms with Gasteiger partial charge in [0.1, 0.15) is 0 Å². The van der Waals surface area contributed by atoms with Gasteiger partial charge in [-0.25, -0.2) is 0 Å². The van der Waals surface area contributed by atoms with E-state index >= 15 is 0 Å². The largest absolute Gasteiger partial charge is 0.377 e. The topological polar surface area (TPSA) is 45.7 Å². The first-order valence-corrected chi connectivity index (χ1v) is 7.62. The molecule has 19 heavy (non-hydrogen) atoms. The smallest absolute Gasteiger partial charge is 0.191 e. The molecule has 0 aromatic heterocycles. The third-order valence-corrected chi connectivity index (χ3v) is 3.47. The van der Waals surface area contributed by atoms with Crippen LogP contribution in [0.25, 0.3) is 0 Å². The second-order valence-electron chi connectivity index (χ2n) is 6.31. The summed E-state index contributed by atoms with van der Waals surface area (Å²) in [6.07, 6.45) is 2.69. The van der Waals surface area contributed by atoms with Gasteiger partial charge in [0, 0.05) is 32.2 Å². The maximum atomic E-state index is 6.00. The van der Waals surface area contributed by atoms with Crippen molar-refractivity contribution in [3.05, 3.63) is 0 Å². The molecule has 1 rings (SSSR count). The molecule has 0 radical (unpaired) electrons. The van der Waals surface area contributed by atoms with Crippen LogP contribution in [-0.4, -0.2) is 38.3 Å². The fourth-order valence-corrected chi connectivity index (χ4v) is 2.71. The van der Waals surface area contributed by atoms with Gasteiger partial charge in [0.15, 0.2) is 5.96 Å². The van der Waals surface area contributed by atoms with Crippen molar-refractivity contribution in [1.82, 2.24) is 10.6 Å². The predicted molar refractivity (Wildman–Crippen MR) is 81.6 cm³/mol. The summed E-state index contributed by atoms with van der Waals surface area (Å²) in [7, 11) is 0. The maximum Gasteiger partial charge on any atom is 0.191 e. The molecule has 112 valence electrons. The van der Waals surface area contributed by atoms with Gasteiger partial charge in [-0.15, -0.1) is 0 Å². The lowest BCUT2D eigenvalue weighted by atomic mass is 9.78. The Balaban J connectivity index is 2.63. The quantitative estimate of drug-likeness (QED) is 0.608. The van der Waals surface area contributed by atoms with Crippen LogP contribution >= 0.6 is 0 Å². The van der Waals surface area contributed by atoms with E-state index in [1.807, 2.05) is 0 Å². The second-order valence-corrected chi connectivity index (χ2v) is 6.31. The summed E-state index contributed by atoms with van der Waals surface area (Å²) < 4.78 is 6.00. The summed E-state index contributed by atoms with van der Waals surface area (Å²) in [6.45, 7) is 14.5. The van der Waals surface area contributed by atoms with Gasteiger partial charge in [-0.2, -0.15) is 0 Å². The van der Waals surface area contributed by atoms with Crippen LogP contribution < -0.4 is 10.6 Å². The summed E-state index contributed by atoms with van der Waals surface area (Å²) in [5.41, 5.74) is 0.192. The number of guanidine groups is 1. The Morgan fingerprint density at radius 3 is 2.37 bits per heavy atom. The predicted octanol–water partition coefficient (Wildman–Crippen LogP) is 2.40. The standard InChI is InChI=1S/C15H31N3O/c1-6-16-14(17-7-2)18-11-12-9-8-10-19-13(12)15(3,4)5/h12-13H,6-11H2,1-5H3,(H2,16,17,18). The minimum Gasteiger partial charge on any atom is -0.377 e. The second kappa shape index (κ2) is 7.73. The van der Waals surface area contributed by atoms with Gasteiger partial charge < -0.3 is 15.4 Å². The van der Waals surface area contributed by atoms with Gasteiger partial charge in [-0.05, 0) is 32.1 Å². The molecule has 0 amide bonds. The maximum absolute atomic E-state index is 6.00. The first kappa shape index (κ1) is 16.3. The Labute approximate surface area is 118 Å². The van der Waals surface area contributed by atoms with Crippen LogP contribution in [-0.2, 0) is 4.74 Å². The lowest BCUT2D eigenvalue weighted by Gasteiger charge is -2.39. The zero-order valence-corrected chi connectivity index (χ0v) is 13.3. The highest BCUT2D eigenvalue weighted by molar-refractivity contribution is 5.79. The molecule has 2 atom stereocenters. The molecule has 1 saturated heterocycles. The van der Waals surface area contributed by atoms with Gasteiger partial charge in [0.25, 0.3) is 0 Å². The van der Waals surface area contributed by atoms with Crippen molar-refractivity contribution in [3.8, 4) is 0 Å². The summed E-state index contributed by atoms with van der Waals surface area (Å²) >= 11 is 0. The Bertz CT molecular complexity index is 276. The number of nitrogens with zero attached hydrogens (tertiary/aromatic N) is 1. The average Bonchev–Trinajstić information content (AvgIpc) is 2.36. The molecule has 1 fully saturated rings. The van der Waals surface area contributed by atoms with Crippen molar-refractivity contribution >= 4 is 5.96 Å². The Morgan fingerprint density at radius 2 is 1.84 bits per heavy atom. The summed E-state index contributed by atoms with van der Waals surface area (Å²) in [5.74, 6) is 1.45. The number of hydrogen-bond acceptors (Lipinski definition) is 2. The minimum absolute atomic E-state index is 0.192. The van der Waals surface area contributed by atoms with Crippen LogP contribution in [0.2, 0.25) is 0 Å². The highest BCUT2D eigenvalue weighted by Gasteiger charge is 2.35. The average molecular weight is 269 g/mol. The fourth-order valence-electron chi connectivity index (χ4n) is 2.71. The molecule has 1 aliphatic rings. The highest BCUT2D eigenvalue weighted by Crippen LogP contribution is 2.34. The van der Waals surface area contributed by atoms with E-state index in [1.54, 1.807) is 0 Å². The molecule has 2 unspecified atom stereocenters. The van der Waals surface area contributed by atoms with E-state index in [2.05, 4.69) is 45.3 Å². The van der Waals surface area contributed by atoms with Gasteiger partial charge in [-0.3, -0.25) is 4.99 Å². The molecule has 0 aromatic carbocycles. The van der Waals surface area contributed by atoms with E-state index < -0.39 is 0 Å². The van der Waals surface area contributed by atoms with Crippen molar-refractivity contribution < 1.29 is 4.74 Å². The Hall–Kier alpha value is -0.770. The van der Waals surface area contributed by atoms with Gasteiger partial charge in [0.05, 0.1) is 6.10 Å². The van der Waals surface area contributed by atoms with Gasteiger partial charge in [-0.1, -0.05) is 20.8 Å². The first-order valence-electron chi connectivity index (χ1n) is 7.62. The van der Waals surface area contributed by atoms with E-state index in [0.29, 0.717) is 12.0 Å². The van der Waals surface area contributed by atoms with Crippen LogP contribution in [0.3, 0.4) is 0 Å². The van der Waals surface area contributed by atoms with Crippen molar-refractivity contribution in [1.29, 1.82) is 0 Å². The van der Waals surface area contributed by atoms with E-state index in [0.717, 1.165) is 38.6 Å². The highest BCUT2D eigenvalue weighted by atomic mass is 16.5. The van der Waals surface area contributed by atoms with E-state index in [9.17, 15) is 0 Å². The van der Waals surface area contributed by atoms with Gasteiger partial charge >= 0.3 is 0 Å². The summed E-state index contributed by atoms with van der Waals surface area (Å²) in [6, 6.07) is 0. The molecular formula is C15H31N3O. The molecular weight excluding hydrogens is 238 g/mol. The number of ether oxygens (including phenoxy) is 1. The third kappa shape index (κ3) is 5.39. The van der Waals surface area contributed by atoms with Crippen LogP contribution in [0.4, 0.5) is 0 Å². The van der Waals surface area contributed by atoms with E-state index in [1.165, 1.54) is 6.42 Å². The third-order valence-electron chi connectivity index (χ3n) is 3.47. The lowest BCUT2D eigenvalue weighted by Crippen LogP contribution is -2.42. The van der Waals surface area contributed by atoms with Crippen molar-refractivity contribution in [2.45, 2.75) is 53.6 Å². The Kier molecular flexibility index (Phi) is 6.63. The molecule has 1 heterocycles. The lowest BCUT2D eigenvalue weighted by molar-refractivity contribution is -0.0823. The molecule has 0 spiro atoms. The summed E-state index contributed by atoms with van der Waals surface area (Å²) in [5, 5.41) is 6.55. The molecule has 2 N–H and O–H groups in total. The molecule has 0 bridgehead atoms. The van der Waals surface area contributed by atoms with Crippen LogP contribution in [0.1, 0.15) is 47.5 Å². The first-order chi connectivity index (χ1) is 8.99. The van der Waals surface area contributed by atoms with Crippen molar-refractivity contribution in [3.63, 3.8) is 0 Å².